The van der Waals surface area contributed by atoms with Crippen molar-refractivity contribution in [3.05, 3.63) is 35.1 Å². The van der Waals surface area contributed by atoms with Gasteiger partial charge in [0.2, 0.25) is 5.89 Å². The summed E-state index contributed by atoms with van der Waals surface area (Å²) in [6.07, 6.45) is 0.186. The summed E-state index contributed by atoms with van der Waals surface area (Å²) in [7, 11) is 0. The number of nitrogens with one attached hydrogen (secondary N) is 1. The first kappa shape index (κ1) is 26.1. The van der Waals surface area contributed by atoms with Crippen LogP contribution in [0.2, 0.25) is 0 Å². The summed E-state index contributed by atoms with van der Waals surface area (Å²) in [5.74, 6) is -1.38. The van der Waals surface area contributed by atoms with Crippen LogP contribution in [0.25, 0.3) is 0 Å². The van der Waals surface area contributed by atoms with Gasteiger partial charge in [0.05, 0.1) is 6.42 Å². The lowest BCUT2D eigenvalue weighted by Crippen LogP contribution is -2.21. The van der Waals surface area contributed by atoms with Gasteiger partial charge in [-0.05, 0) is 42.7 Å². The van der Waals surface area contributed by atoms with Gasteiger partial charge in [0, 0.05) is 25.1 Å². The number of nitrogens with zero attached hydrogens (tertiary/aromatic N) is 3. The van der Waals surface area contributed by atoms with E-state index in [1.165, 1.54) is 5.56 Å². The SMILES string of the molecule is CC(C)(CC(=O)O)Cc1nc(CCCc2ccc3c(n2)NCCC3)no1.O=C(O)C(F)(F)F. The highest BCUT2D eigenvalue weighted by Crippen LogP contribution is 2.25. The van der Waals surface area contributed by atoms with Crippen molar-refractivity contribution in [2.75, 3.05) is 11.9 Å². The maximum absolute atomic E-state index is 10.9. The van der Waals surface area contributed by atoms with Gasteiger partial charge in [-0.25, -0.2) is 9.78 Å². The van der Waals surface area contributed by atoms with Crippen molar-refractivity contribution in [1.29, 1.82) is 0 Å². The van der Waals surface area contributed by atoms with Crippen molar-refractivity contribution in [3.63, 3.8) is 0 Å². The molecule has 3 heterocycles. The summed E-state index contributed by atoms with van der Waals surface area (Å²) in [4.78, 5) is 28.9. The number of halogens is 3. The molecule has 2 aromatic heterocycles. The third kappa shape index (κ3) is 9.07. The molecule has 2 aromatic rings. The van der Waals surface area contributed by atoms with Gasteiger partial charge in [-0.3, -0.25) is 4.79 Å². The standard InChI is InChI=1S/C19H26N4O3.C2HF3O2/c1-19(2,12-17(24)25)11-16-22-15(23-26-16)7-3-6-14-9-8-13-5-4-10-20-18(13)21-14;3-2(4,5)1(6)7/h8-9H,3-7,10-12H2,1-2H3,(H,20,21)(H,24,25);(H,6,7). The molecule has 12 heteroatoms. The Labute approximate surface area is 188 Å². The van der Waals surface area contributed by atoms with Gasteiger partial charge in [-0.1, -0.05) is 25.1 Å². The fraction of sp³-hybridized carbons (Fsp3) is 0.571. The zero-order chi connectivity index (χ0) is 24.6. The van der Waals surface area contributed by atoms with E-state index in [0.717, 1.165) is 50.2 Å². The highest BCUT2D eigenvalue weighted by Gasteiger charge is 2.38. The third-order valence-corrected chi connectivity index (χ3v) is 4.80. The Bertz CT molecular complexity index is 960. The Hall–Kier alpha value is -3.18. The van der Waals surface area contributed by atoms with Crippen molar-refractivity contribution in [2.45, 2.75) is 65.0 Å². The van der Waals surface area contributed by atoms with Crippen LogP contribution in [0.5, 0.6) is 0 Å². The second-order valence-electron chi connectivity index (χ2n) is 8.51. The monoisotopic (exact) mass is 472 g/mol. The molecule has 9 nitrogen and oxygen atoms in total. The van der Waals surface area contributed by atoms with Gasteiger partial charge in [-0.2, -0.15) is 18.2 Å². The van der Waals surface area contributed by atoms with Crippen molar-refractivity contribution in [2.24, 2.45) is 5.41 Å². The van der Waals surface area contributed by atoms with Crippen LogP contribution >= 0.6 is 0 Å². The molecule has 182 valence electrons. The Balaban J connectivity index is 0.000000479. The molecule has 0 unspecified atom stereocenters. The van der Waals surface area contributed by atoms with E-state index in [4.69, 9.17) is 24.5 Å². The number of alkyl halides is 3. The summed E-state index contributed by atoms with van der Waals surface area (Å²) in [6.45, 7) is 4.77. The molecule has 1 aliphatic heterocycles. The average Bonchev–Trinajstić information content (AvgIpc) is 3.13. The van der Waals surface area contributed by atoms with Crippen LogP contribution < -0.4 is 5.32 Å². The molecule has 0 fully saturated rings. The number of aliphatic carboxylic acids is 2. The van der Waals surface area contributed by atoms with Crippen molar-refractivity contribution in [3.8, 4) is 0 Å². The number of aryl methyl sites for hydroxylation is 3. The number of anilines is 1. The van der Waals surface area contributed by atoms with E-state index >= 15 is 0 Å². The minimum Gasteiger partial charge on any atom is -0.481 e. The van der Waals surface area contributed by atoms with E-state index < -0.39 is 23.5 Å². The Morgan fingerprint density at radius 3 is 2.48 bits per heavy atom. The number of pyridine rings is 1. The lowest BCUT2D eigenvalue weighted by atomic mass is 9.86. The predicted molar refractivity (Wildman–Crippen MR) is 111 cm³/mol. The first-order valence-corrected chi connectivity index (χ1v) is 10.4. The number of carboxylic acids is 2. The fourth-order valence-corrected chi connectivity index (χ4v) is 3.28. The summed E-state index contributed by atoms with van der Waals surface area (Å²) < 4.78 is 37.0. The van der Waals surface area contributed by atoms with Gasteiger partial charge in [0.1, 0.15) is 5.82 Å². The van der Waals surface area contributed by atoms with Crippen LogP contribution in [0.15, 0.2) is 16.7 Å². The first-order valence-electron chi connectivity index (χ1n) is 10.4. The van der Waals surface area contributed by atoms with Crippen LogP contribution in [0.3, 0.4) is 0 Å². The highest BCUT2D eigenvalue weighted by molar-refractivity contribution is 5.73. The summed E-state index contributed by atoms with van der Waals surface area (Å²) in [5.41, 5.74) is 1.96. The minimum absolute atomic E-state index is 0.0722. The molecule has 0 bridgehead atoms. The molecule has 0 radical (unpaired) electrons. The average molecular weight is 472 g/mol. The number of hydrogen-bond acceptors (Lipinski definition) is 7. The number of hydrogen-bond donors (Lipinski definition) is 3. The molecule has 0 spiro atoms. The van der Waals surface area contributed by atoms with Crippen molar-refractivity contribution >= 4 is 17.8 Å². The van der Waals surface area contributed by atoms with Crippen molar-refractivity contribution in [1.82, 2.24) is 15.1 Å². The molecule has 0 saturated heterocycles. The Kier molecular flexibility index (Phi) is 8.77. The summed E-state index contributed by atoms with van der Waals surface area (Å²) in [5, 5.41) is 23.5. The summed E-state index contributed by atoms with van der Waals surface area (Å²) in [6, 6.07) is 4.27. The third-order valence-electron chi connectivity index (χ3n) is 4.80. The van der Waals surface area contributed by atoms with E-state index in [0.29, 0.717) is 18.1 Å². The second-order valence-corrected chi connectivity index (χ2v) is 8.51. The molecule has 0 aromatic carbocycles. The quantitative estimate of drug-likeness (QED) is 0.525. The second kappa shape index (κ2) is 11.1. The number of rotatable bonds is 8. The molecule has 33 heavy (non-hydrogen) atoms. The normalized spacial score (nSPS) is 13.4. The van der Waals surface area contributed by atoms with E-state index in [9.17, 15) is 18.0 Å². The minimum atomic E-state index is -5.08. The van der Waals surface area contributed by atoms with E-state index in [1.54, 1.807) is 0 Å². The van der Waals surface area contributed by atoms with Gasteiger partial charge in [0.15, 0.2) is 5.82 Å². The van der Waals surface area contributed by atoms with Crippen LogP contribution in [0, 0.1) is 5.41 Å². The first-order chi connectivity index (χ1) is 15.4. The van der Waals surface area contributed by atoms with Gasteiger partial charge < -0.3 is 20.1 Å². The Morgan fingerprint density at radius 2 is 1.85 bits per heavy atom. The number of aromatic nitrogens is 3. The molecular formula is C21H27F3N4O5. The topological polar surface area (TPSA) is 138 Å². The molecule has 0 aliphatic carbocycles. The van der Waals surface area contributed by atoms with Gasteiger partial charge in [0.25, 0.3) is 0 Å². The van der Waals surface area contributed by atoms with Gasteiger partial charge >= 0.3 is 18.1 Å². The lowest BCUT2D eigenvalue weighted by molar-refractivity contribution is -0.192. The predicted octanol–water partition coefficient (Wildman–Crippen LogP) is 3.67. The molecule has 0 atom stereocenters. The number of carboxylic acid groups (broad SMARTS) is 2. The number of fused-ring (bicyclic) bond motifs is 1. The van der Waals surface area contributed by atoms with E-state index in [-0.39, 0.29) is 6.42 Å². The number of carbonyl (C=O) groups is 2. The van der Waals surface area contributed by atoms with E-state index in [2.05, 4.69) is 27.6 Å². The Morgan fingerprint density at radius 1 is 1.15 bits per heavy atom. The van der Waals surface area contributed by atoms with Crippen LogP contribution in [0.4, 0.5) is 19.0 Å². The van der Waals surface area contributed by atoms with Crippen LogP contribution in [-0.4, -0.2) is 50.0 Å². The maximum atomic E-state index is 10.9. The molecule has 3 rings (SSSR count). The maximum Gasteiger partial charge on any atom is 0.490 e. The zero-order valence-corrected chi connectivity index (χ0v) is 18.4. The van der Waals surface area contributed by atoms with E-state index in [1.807, 2.05) is 13.8 Å². The highest BCUT2D eigenvalue weighted by atomic mass is 19.4. The van der Waals surface area contributed by atoms with Crippen molar-refractivity contribution < 1.29 is 37.5 Å². The molecule has 3 N–H and O–H groups in total. The lowest BCUT2D eigenvalue weighted by Gasteiger charge is -2.19. The molecule has 1 aliphatic rings. The van der Waals surface area contributed by atoms with Gasteiger partial charge in [-0.15, -0.1) is 0 Å². The fourth-order valence-electron chi connectivity index (χ4n) is 3.28. The van der Waals surface area contributed by atoms with Crippen LogP contribution in [-0.2, 0) is 35.3 Å². The smallest absolute Gasteiger partial charge is 0.481 e. The van der Waals surface area contributed by atoms with Crippen LogP contribution in [0.1, 0.15) is 56.1 Å². The zero-order valence-electron chi connectivity index (χ0n) is 18.4. The molecule has 0 amide bonds. The largest absolute Gasteiger partial charge is 0.490 e. The molecule has 0 saturated carbocycles. The molecular weight excluding hydrogens is 445 g/mol. The summed E-state index contributed by atoms with van der Waals surface area (Å²) >= 11 is 0.